The SMILES string of the molecule is Nc1cc(Oc2ccc(Br)cc2)ncn1. The van der Waals surface area contributed by atoms with E-state index in [1.165, 1.54) is 6.33 Å². The lowest BCUT2D eigenvalue weighted by molar-refractivity contribution is 0.462. The van der Waals surface area contributed by atoms with Crippen LogP contribution in [0.15, 0.2) is 41.1 Å². The summed E-state index contributed by atoms with van der Waals surface area (Å²) in [7, 11) is 0. The first-order chi connectivity index (χ1) is 7.24. The molecular formula is C10H8BrN3O. The van der Waals surface area contributed by atoms with Crippen LogP contribution >= 0.6 is 15.9 Å². The van der Waals surface area contributed by atoms with E-state index in [2.05, 4.69) is 25.9 Å². The summed E-state index contributed by atoms with van der Waals surface area (Å²) in [6, 6.07) is 9.02. The molecule has 0 aliphatic carbocycles. The van der Waals surface area contributed by atoms with Gasteiger partial charge in [-0.1, -0.05) is 15.9 Å². The molecule has 0 amide bonds. The van der Waals surface area contributed by atoms with E-state index in [1.807, 2.05) is 24.3 Å². The molecule has 76 valence electrons. The third-order valence-electron chi connectivity index (χ3n) is 1.70. The van der Waals surface area contributed by atoms with Gasteiger partial charge < -0.3 is 10.5 Å². The predicted molar refractivity (Wildman–Crippen MR) is 60.7 cm³/mol. The number of hydrogen-bond donors (Lipinski definition) is 1. The number of nitrogen functional groups attached to an aromatic ring is 1. The molecule has 2 aromatic rings. The van der Waals surface area contributed by atoms with Gasteiger partial charge in [0.15, 0.2) is 0 Å². The summed E-state index contributed by atoms with van der Waals surface area (Å²) >= 11 is 3.34. The monoisotopic (exact) mass is 265 g/mol. The van der Waals surface area contributed by atoms with Crippen molar-refractivity contribution >= 4 is 21.7 Å². The minimum Gasteiger partial charge on any atom is -0.439 e. The van der Waals surface area contributed by atoms with Crippen LogP contribution in [0.3, 0.4) is 0 Å². The van der Waals surface area contributed by atoms with Crippen LogP contribution < -0.4 is 10.5 Å². The Hall–Kier alpha value is -1.62. The highest BCUT2D eigenvalue weighted by Crippen LogP contribution is 2.21. The van der Waals surface area contributed by atoms with Crippen LogP contribution in [0, 0.1) is 0 Å². The standard InChI is InChI=1S/C10H8BrN3O/c11-7-1-3-8(4-2-7)15-10-5-9(12)13-6-14-10/h1-6H,(H2,12,13,14). The lowest BCUT2D eigenvalue weighted by Crippen LogP contribution is -1.93. The lowest BCUT2D eigenvalue weighted by Gasteiger charge is -2.04. The minimum absolute atomic E-state index is 0.386. The summed E-state index contributed by atoms with van der Waals surface area (Å²) in [6.07, 6.45) is 1.36. The molecule has 0 unspecified atom stereocenters. The first-order valence-corrected chi connectivity index (χ1v) is 5.04. The molecule has 1 heterocycles. The third kappa shape index (κ3) is 2.66. The second-order valence-electron chi connectivity index (χ2n) is 2.84. The van der Waals surface area contributed by atoms with Crippen LogP contribution in [0.4, 0.5) is 5.82 Å². The van der Waals surface area contributed by atoms with Crippen molar-refractivity contribution in [1.82, 2.24) is 9.97 Å². The van der Waals surface area contributed by atoms with Crippen molar-refractivity contribution < 1.29 is 4.74 Å². The molecule has 5 heteroatoms. The Balaban J connectivity index is 2.18. The topological polar surface area (TPSA) is 61.0 Å². The first-order valence-electron chi connectivity index (χ1n) is 4.25. The van der Waals surface area contributed by atoms with Crippen LogP contribution in [0.5, 0.6) is 11.6 Å². The molecule has 0 saturated heterocycles. The van der Waals surface area contributed by atoms with Crippen LogP contribution in [-0.4, -0.2) is 9.97 Å². The second-order valence-corrected chi connectivity index (χ2v) is 3.75. The van der Waals surface area contributed by atoms with Gasteiger partial charge in [0.1, 0.15) is 17.9 Å². The molecular weight excluding hydrogens is 258 g/mol. The van der Waals surface area contributed by atoms with E-state index in [1.54, 1.807) is 6.07 Å². The number of hydrogen-bond acceptors (Lipinski definition) is 4. The smallest absolute Gasteiger partial charge is 0.224 e. The zero-order valence-electron chi connectivity index (χ0n) is 7.72. The van der Waals surface area contributed by atoms with Crippen molar-refractivity contribution in [3.8, 4) is 11.6 Å². The fourth-order valence-corrected chi connectivity index (χ4v) is 1.30. The lowest BCUT2D eigenvalue weighted by atomic mass is 10.3. The molecule has 1 aromatic heterocycles. The summed E-state index contributed by atoms with van der Waals surface area (Å²) < 4.78 is 6.46. The summed E-state index contributed by atoms with van der Waals surface area (Å²) in [5.41, 5.74) is 5.50. The predicted octanol–water partition coefficient (Wildman–Crippen LogP) is 2.61. The van der Waals surface area contributed by atoms with Crippen LogP contribution in [0.1, 0.15) is 0 Å². The molecule has 0 aliphatic rings. The van der Waals surface area contributed by atoms with E-state index in [0.717, 1.165) is 4.47 Å². The summed E-state index contributed by atoms with van der Waals surface area (Å²) in [5, 5.41) is 0. The van der Waals surface area contributed by atoms with Crippen LogP contribution in [-0.2, 0) is 0 Å². The molecule has 1 aromatic carbocycles. The maximum atomic E-state index is 5.50. The molecule has 0 fully saturated rings. The highest BCUT2D eigenvalue weighted by Gasteiger charge is 1.99. The fourth-order valence-electron chi connectivity index (χ4n) is 1.03. The van der Waals surface area contributed by atoms with E-state index in [4.69, 9.17) is 10.5 Å². The summed E-state index contributed by atoms with van der Waals surface area (Å²) in [4.78, 5) is 7.71. The highest BCUT2D eigenvalue weighted by molar-refractivity contribution is 9.10. The molecule has 0 aliphatic heterocycles. The number of rotatable bonds is 2. The number of nitrogens with zero attached hydrogens (tertiary/aromatic N) is 2. The average Bonchev–Trinajstić information content (AvgIpc) is 2.22. The Kier molecular flexibility index (Phi) is 2.82. The van der Waals surface area contributed by atoms with E-state index >= 15 is 0 Å². The number of nitrogens with two attached hydrogens (primary N) is 1. The number of halogens is 1. The Bertz CT molecular complexity index is 458. The molecule has 2 N–H and O–H groups in total. The highest BCUT2D eigenvalue weighted by atomic mass is 79.9. The van der Waals surface area contributed by atoms with Gasteiger partial charge in [-0.2, -0.15) is 0 Å². The zero-order valence-corrected chi connectivity index (χ0v) is 9.31. The maximum Gasteiger partial charge on any atom is 0.224 e. The minimum atomic E-state index is 0.386. The zero-order chi connectivity index (χ0) is 10.7. The van der Waals surface area contributed by atoms with Gasteiger partial charge >= 0.3 is 0 Å². The first kappa shape index (κ1) is 9.92. The molecule has 0 radical (unpaired) electrons. The number of benzene rings is 1. The molecule has 4 nitrogen and oxygen atoms in total. The van der Waals surface area contributed by atoms with Crippen molar-refractivity contribution in [2.24, 2.45) is 0 Å². The van der Waals surface area contributed by atoms with E-state index < -0.39 is 0 Å². The van der Waals surface area contributed by atoms with Gasteiger partial charge in [-0.3, -0.25) is 0 Å². The van der Waals surface area contributed by atoms with Gasteiger partial charge in [-0.25, -0.2) is 9.97 Å². The van der Waals surface area contributed by atoms with Gasteiger partial charge in [-0.05, 0) is 24.3 Å². The van der Waals surface area contributed by atoms with Gasteiger partial charge in [0, 0.05) is 10.5 Å². The number of aromatic nitrogens is 2. The fraction of sp³-hybridized carbons (Fsp3) is 0. The van der Waals surface area contributed by atoms with E-state index in [9.17, 15) is 0 Å². The second kappa shape index (κ2) is 4.27. The van der Waals surface area contributed by atoms with Gasteiger partial charge in [-0.15, -0.1) is 0 Å². The Morgan fingerprint density at radius 2 is 1.87 bits per heavy atom. The largest absolute Gasteiger partial charge is 0.439 e. The van der Waals surface area contributed by atoms with E-state index in [-0.39, 0.29) is 0 Å². The molecule has 15 heavy (non-hydrogen) atoms. The Labute approximate surface area is 95.2 Å². The average molecular weight is 266 g/mol. The van der Waals surface area contributed by atoms with Crippen LogP contribution in [0.25, 0.3) is 0 Å². The molecule has 0 spiro atoms. The van der Waals surface area contributed by atoms with Crippen molar-refractivity contribution in [2.45, 2.75) is 0 Å². The van der Waals surface area contributed by atoms with Crippen molar-refractivity contribution in [1.29, 1.82) is 0 Å². The van der Waals surface area contributed by atoms with Crippen molar-refractivity contribution in [3.63, 3.8) is 0 Å². The Morgan fingerprint density at radius 3 is 2.53 bits per heavy atom. The summed E-state index contributed by atoms with van der Waals surface area (Å²) in [6.45, 7) is 0. The Morgan fingerprint density at radius 1 is 1.13 bits per heavy atom. The number of ether oxygens (including phenoxy) is 1. The van der Waals surface area contributed by atoms with Gasteiger partial charge in [0.05, 0.1) is 0 Å². The molecule has 0 saturated carbocycles. The van der Waals surface area contributed by atoms with Gasteiger partial charge in [0.25, 0.3) is 0 Å². The van der Waals surface area contributed by atoms with Gasteiger partial charge in [0.2, 0.25) is 5.88 Å². The van der Waals surface area contributed by atoms with Crippen molar-refractivity contribution in [3.05, 3.63) is 41.1 Å². The number of anilines is 1. The normalized spacial score (nSPS) is 9.93. The summed E-state index contributed by atoms with van der Waals surface area (Å²) in [5.74, 6) is 1.53. The third-order valence-corrected chi connectivity index (χ3v) is 2.23. The molecule has 0 atom stereocenters. The quantitative estimate of drug-likeness (QED) is 0.907. The molecule has 2 rings (SSSR count). The maximum absolute atomic E-state index is 5.50. The van der Waals surface area contributed by atoms with Crippen molar-refractivity contribution in [2.75, 3.05) is 5.73 Å². The molecule has 0 bridgehead atoms. The van der Waals surface area contributed by atoms with E-state index in [0.29, 0.717) is 17.4 Å². The van der Waals surface area contributed by atoms with Crippen LogP contribution in [0.2, 0.25) is 0 Å².